The highest BCUT2D eigenvalue weighted by Gasteiger charge is 2.16. The molecule has 2 aromatic rings. The smallest absolute Gasteiger partial charge is 0.251 e. The van der Waals surface area contributed by atoms with Gasteiger partial charge in [0.15, 0.2) is 0 Å². The summed E-state index contributed by atoms with van der Waals surface area (Å²) in [6.45, 7) is 1.29. The first-order valence-electron chi connectivity index (χ1n) is 7.95. The van der Waals surface area contributed by atoms with E-state index in [2.05, 4.69) is 10.0 Å². The van der Waals surface area contributed by atoms with Crippen LogP contribution in [-0.2, 0) is 16.6 Å². The molecule has 25 heavy (non-hydrogen) atoms. The van der Waals surface area contributed by atoms with Gasteiger partial charge in [-0.2, -0.15) is 0 Å². The second kappa shape index (κ2) is 8.75. The molecule has 0 aliphatic heterocycles. The van der Waals surface area contributed by atoms with E-state index >= 15 is 0 Å². The average Bonchev–Trinajstić information content (AvgIpc) is 2.60. The lowest BCUT2D eigenvalue weighted by Gasteiger charge is -2.11. The van der Waals surface area contributed by atoms with Gasteiger partial charge in [0.1, 0.15) is 0 Å². The van der Waals surface area contributed by atoms with Crippen molar-refractivity contribution in [3.05, 3.63) is 65.7 Å². The summed E-state index contributed by atoms with van der Waals surface area (Å²) in [5.74, 6) is -0.311. The van der Waals surface area contributed by atoms with E-state index in [4.69, 9.17) is 0 Å². The highest BCUT2D eigenvalue weighted by atomic mass is 32.2. The summed E-state index contributed by atoms with van der Waals surface area (Å²) in [7, 11) is 0.0984. The molecular formula is C18H23N3O3S. The Labute approximate surface area is 148 Å². The molecule has 0 atom stereocenters. The Balaban J connectivity index is 2.03. The summed E-state index contributed by atoms with van der Waals surface area (Å²) >= 11 is 0. The number of hydrogen-bond donors (Lipinski definition) is 2. The summed E-state index contributed by atoms with van der Waals surface area (Å²) in [5.41, 5.74) is 1.29. The van der Waals surface area contributed by atoms with Crippen molar-refractivity contribution in [2.24, 2.45) is 0 Å². The Kier molecular flexibility index (Phi) is 6.69. The van der Waals surface area contributed by atoms with Gasteiger partial charge in [0.05, 0.1) is 4.90 Å². The van der Waals surface area contributed by atoms with Crippen molar-refractivity contribution >= 4 is 15.9 Å². The topological polar surface area (TPSA) is 78.5 Å². The number of likely N-dealkylation sites (N-methyl/N-ethyl adjacent to an activating group) is 1. The van der Waals surface area contributed by atoms with Gasteiger partial charge in [-0.15, -0.1) is 0 Å². The molecule has 2 aromatic carbocycles. The molecule has 6 nitrogen and oxygen atoms in total. The van der Waals surface area contributed by atoms with Crippen molar-refractivity contribution in [3.8, 4) is 0 Å². The molecule has 0 spiro atoms. The second-order valence-electron chi connectivity index (χ2n) is 5.90. The molecule has 0 heterocycles. The predicted octanol–water partition coefficient (Wildman–Crippen LogP) is 1.46. The molecular weight excluding hydrogens is 338 g/mol. The van der Waals surface area contributed by atoms with Gasteiger partial charge in [-0.05, 0) is 37.9 Å². The van der Waals surface area contributed by atoms with Crippen molar-refractivity contribution < 1.29 is 13.2 Å². The number of hydrogen-bond acceptors (Lipinski definition) is 4. The van der Waals surface area contributed by atoms with E-state index in [0.717, 1.165) is 5.56 Å². The van der Waals surface area contributed by atoms with Crippen LogP contribution in [0.1, 0.15) is 15.9 Å². The molecule has 0 unspecified atom stereocenters. The van der Waals surface area contributed by atoms with Crippen molar-refractivity contribution in [2.75, 3.05) is 27.2 Å². The molecule has 2 rings (SSSR count). The van der Waals surface area contributed by atoms with E-state index in [0.29, 0.717) is 25.2 Å². The number of carbonyl (C=O) groups is 1. The zero-order valence-corrected chi connectivity index (χ0v) is 15.2. The predicted molar refractivity (Wildman–Crippen MR) is 97.8 cm³/mol. The molecule has 134 valence electrons. The molecule has 0 aliphatic rings. The lowest BCUT2D eigenvalue weighted by Crippen LogP contribution is -2.31. The molecule has 0 radical (unpaired) electrons. The van der Waals surface area contributed by atoms with Gasteiger partial charge in [0.25, 0.3) is 5.91 Å². The van der Waals surface area contributed by atoms with Crippen LogP contribution in [0.2, 0.25) is 0 Å². The highest BCUT2D eigenvalue weighted by Crippen LogP contribution is 2.11. The number of nitrogens with one attached hydrogen (secondary N) is 2. The Morgan fingerprint density at radius 2 is 1.76 bits per heavy atom. The van der Waals surface area contributed by atoms with E-state index < -0.39 is 10.0 Å². The summed E-state index contributed by atoms with van der Waals surface area (Å²) in [6.07, 6.45) is 0. The highest BCUT2D eigenvalue weighted by molar-refractivity contribution is 7.89. The van der Waals surface area contributed by atoms with Crippen LogP contribution in [-0.4, -0.2) is 46.4 Å². The monoisotopic (exact) mass is 361 g/mol. The number of rotatable bonds is 8. The fourth-order valence-corrected chi connectivity index (χ4v) is 3.24. The van der Waals surface area contributed by atoms with E-state index in [1.165, 1.54) is 12.1 Å². The molecule has 0 aliphatic carbocycles. The first kappa shape index (κ1) is 19.1. The summed E-state index contributed by atoms with van der Waals surface area (Å²) in [6, 6.07) is 15.6. The SMILES string of the molecule is CN(C)CCNS(=O)(=O)c1cccc(C(=O)NCc2ccccc2)c1. The number of amides is 1. The molecule has 0 fully saturated rings. The number of nitrogens with zero attached hydrogens (tertiary/aromatic N) is 1. The maximum atomic E-state index is 12.3. The zero-order valence-electron chi connectivity index (χ0n) is 14.4. The van der Waals surface area contributed by atoms with Crippen LogP contribution < -0.4 is 10.0 Å². The van der Waals surface area contributed by atoms with E-state index in [-0.39, 0.29) is 10.8 Å². The fourth-order valence-electron chi connectivity index (χ4n) is 2.17. The maximum Gasteiger partial charge on any atom is 0.251 e. The normalized spacial score (nSPS) is 11.5. The Hall–Kier alpha value is -2.22. The minimum atomic E-state index is -3.64. The Bertz CT molecular complexity index is 805. The minimum absolute atomic E-state index is 0.0821. The standard InChI is InChI=1S/C18H23N3O3S/c1-21(2)12-11-20-25(23,24)17-10-6-9-16(13-17)18(22)19-14-15-7-4-3-5-8-15/h3-10,13,20H,11-12,14H2,1-2H3,(H,19,22). The first-order valence-corrected chi connectivity index (χ1v) is 9.43. The molecule has 1 amide bonds. The first-order chi connectivity index (χ1) is 11.9. The van der Waals surface area contributed by atoms with Crippen molar-refractivity contribution in [3.63, 3.8) is 0 Å². The lowest BCUT2D eigenvalue weighted by molar-refractivity contribution is 0.0950. The van der Waals surface area contributed by atoms with Gasteiger partial charge in [-0.3, -0.25) is 4.79 Å². The van der Waals surface area contributed by atoms with E-state index in [1.807, 2.05) is 49.3 Å². The van der Waals surface area contributed by atoms with Gasteiger partial charge in [-0.25, -0.2) is 13.1 Å². The molecule has 0 aromatic heterocycles. The number of sulfonamides is 1. The van der Waals surface area contributed by atoms with Crippen LogP contribution in [0.5, 0.6) is 0 Å². The third kappa shape index (κ3) is 5.97. The molecule has 0 saturated carbocycles. The molecule has 0 saturated heterocycles. The number of benzene rings is 2. The Morgan fingerprint density at radius 1 is 1.04 bits per heavy atom. The van der Waals surface area contributed by atoms with Crippen LogP contribution in [0.4, 0.5) is 0 Å². The largest absolute Gasteiger partial charge is 0.348 e. The lowest BCUT2D eigenvalue weighted by atomic mass is 10.2. The second-order valence-corrected chi connectivity index (χ2v) is 7.66. The van der Waals surface area contributed by atoms with Crippen molar-refractivity contribution in [1.82, 2.24) is 14.9 Å². The minimum Gasteiger partial charge on any atom is -0.348 e. The fraction of sp³-hybridized carbons (Fsp3) is 0.278. The van der Waals surface area contributed by atoms with Crippen LogP contribution in [0.3, 0.4) is 0 Å². The number of carbonyl (C=O) groups excluding carboxylic acids is 1. The van der Waals surface area contributed by atoms with Crippen LogP contribution in [0, 0.1) is 0 Å². The van der Waals surface area contributed by atoms with Gasteiger partial charge >= 0.3 is 0 Å². The van der Waals surface area contributed by atoms with Gasteiger partial charge < -0.3 is 10.2 Å². The Morgan fingerprint density at radius 3 is 2.44 bits per heavy atom. The van der Waals surface area contributed by atoms with Crippen LogP contribution in [0.25, 0.3) is 0 Å². The summed E-state index contributed by atoms with van der Waals surface area (Å²) < 4.78 is 27.1. The van der Waals surface area contributed by atoms with Gasteiger partial charge in [-0.1, -0.05) is 36.4 Å². The van der Waals surface area contributed by atoms with Gasteiger partial charge in [0, 0.05) is 25.2 Å². The van der Waals surface area contributed by atoms with E-state index in [9.17, 15) is 13.2 Å². The maximum absolute atomic E-state index is 12.3. The van der Waals surface area contributed by atoms with Crippen molar-refractivity contribution in [1.29, 1.82) is 0 Å². The molecule has 0 bridgehead atoms. The van der Waals surface area contributed by atoms with Crippen LogP contribution in [0.15, 0.2) is 59.5 Å². The summed E-state index contributed by atoms with van der Waals surface area (Å²) in [5, 5.41) is 2.79. The molecule has 7 heteroatoms. The average molecular weight is 361 g/mol. The van der Waals surface area contributed by atoms with Crippen LogP contribution >= 0.6 is 0 Å². The van der Waals surface area contributed by atoms with Crippen molar-refractivity contribution in [2.45, 2.75) is 11.4 Å². The van der Waals surface area contributed by atoms with Gasteiger partial charge in [0.2, 0.25) is 10.0 Å². The quantitative estimate of drug-likeness (QED) is 0.746. The third-order valence-electron chi connectivity index (χ3n) is 3.55. The summed E-state index contributed by atoms with van der Waals surface area (Å²) in [4.78, 5) is 14.2. The van der Waals surface area contributed by atoms with E-state index in [1.54, 1.807) is 12.1 Å². The molecule has 2 N–H and O–H groups in total. The zero-order chi connectivity index (χ0) is 18.3. The third-order valence-corrected chi connectivity index (χ3v) is 5.01.